The Kier molecular flexibility index (Phi) is 7.01. The molecule has 0 aromatic heterocycles. The van der Waals surface area contributed by atoms with Crippen LogP contribution >= 0.6 is 0 Å². The van der Waals surface area contributed by atoms with Crippen molar-refractivity contribution in [3.05, 3.63) is 0 Å². The lowest BCUT2D eigenvalue weighted by Crippen LogP contribution is -2.41. The van der Waals surface area contributed by atoms with E-state index in [9.17, 15) is 4.79 Å². The van der Waals surface area contributed by atoms with E-state index < -0.39 is 0 Å². The maximum atomic E-state index is 11.9. The highest BCUT2D eigenvalue weighted by Gasteiger charge is 2.24. The normalized spacial score (nSPS) is 17.5. The molecule has 0 atom stereocenters. The maximum Gasteiger partial charge on any atom is 0.409 e. The molecular formula is C13H26N2O2. The number of nitrogens with two attached hydrogens (primary N) is 1. The molecule has 17 heavy (non-hydrogen) atoms. The van der Waals surface area contributed by atoms with Crippen LogP contribution in [-0.2, 0) is 4.74 Å². The van der Waals surface area contributed by atoms with E-state index in [0.29, 0.717) is 19.2 Å². The van der Waals surface area contributed by atoms with Gasteiger partial charge in [0.05, 0.1) is 6.61 Å². The maximum absolute atomic E-state index is 11.9. The number of nitrogens with zero attached hydrogens (tertiary/aromatic N) is 1. The van der Waals surface area contributed by atoms with Crippen molar-refractivity contribution in [3.63, 3.8) is 0 Å². The average Bonchev–Trinajstić information content (AvgIpc) is 2.59. The fourth-order valence-corrected chi connectivity index (χ4v) is 2.46. The zero-order chi connectivity index (χ0) is 12.5. The van der Waals surface area contributed by atoms with E-state index in [1.165, 1.54) is 25.7 Å². The van der Waals surface area contributed by atoms with E-state index in [0.717, 1.165) is 25.8 Å². The van der Waals surface area contributed by atoms with Gasteiger partial charge in [-0.15, -0.1) is 0 Å². The van der Waals surface area contributed by atoms with Crippen LogP contribution in [-0.4, -0.2) is 36.7 Å². The minimum absolute atomic E-state index is 0.159. The van der Waals surface area contributed by atoms with Crippen molar-refractivity contribution in [1.29, 1.82) is 0 Å². The number of rotatable bonds is 5. The first-order chi connectivity index (χ1) is 8.29. The molecule has 0 aromatic carbocycles. The predicted molar refractivity (Wildman–Crippen MR) is 68.9 cm³/mol. The van der Waals surface area contributed by atoms with Gasteiger partial charge >= 0.3 is 6.09 Å². The minimum Gasteiger partial charge on any atom is -0.450 e. The van der Waals surface area contributed by atoms with Crippen molar-refractivity contribution in [2.45, 2.75) is 57.9 Å². The van der Waals surface area contributed by atoms with Crippen molar-refractivity contribution in [2.24, 2.45) is 5.73 Å². The van der Waals surface area contributed by atoms with Gasteiger partial charge in [-0.05, 0) is 32.7 Å². The van der Waals surface area contributed by atoms with Crippen LogP contribution in [0.3, 0.4) is 0 Å². The van der Waals surface area contributed by atoms with E-state index in [4.69, 9.17) is 10.5 Å². The highest BCUT2D eigenvalue weighted by Crippen LogP contribution is 2.22. The molecule has 0 radical (unpaired) electrons. The van der Waals surface area contributed by atoms with Crippen LogP contribution in [0.1, 0.15) is 51.9 Å². The molecular weight excluding hydrogens is 216 g/mol. The monoisotopic (exact) mass is 242 g/mol. The van der Waals surface area contributed by atoms with Crippen molar-refractivity contribution in [1.82, 2.24) is 4.90 Å². The van der Waals surface area contributed by atoms with Crippen LogP contribution in [0.4, 0.5) is 4.79 Å². The Morgan fingerprint density at radius 3 is 2.47 bits per heavy atom. The number of amides is 1. The molecule has 0 aliphatic heterocycles. The lowest BCUT2D eigenvalue weighted by atomic mass is 10.1. The van der Waals surface area contributed by atoms with Gasteiger partial charge in [0.15, 0.2) is 0 Å². The number of ether oxygens (including phenoxy) is 1. The second-order valence-corrected chi connectivity index (χ2v) is 4.68. The van der Waals surface area contributed by atoms with Crippen LogP contribution in [0.5, 0.6) is 0 Å². The summed E-state index contributed by atoms with van der Waals surface area (Å²) >= 11 is 0. The summed E-state index contributed by atoms with van der Waals surface area (Å²) in [6, 6.07) is 0.364. The highest BCUT2D eigenvalue weighted by molar-refractivity contribution is 5.68. The molecule has 0 unspecified atom stereocenters. The highest BCUT2D eigenvalue weighted by atomic mass is 16.6. The topological polar surface area (TPSA) is 55.6 Å². The summed E-state index contributed by atoms with van der Waals surface area (Å²) in [5, 5.41) is 0. The van der Waals surface area contributed by atoms with E-state index in [-0.39, 0.29) is 6.09 Å². The van der Waals surface area contributed by atoms with Gasteiger partial charge in [0, 0.05) is 12.6 Å². The van der Waals surface area contributed by atoms with Gasteiger partial charge in [0.1, 0.15) is 0 Å². The first-order valence-corrected chi connectivity index (χ1v) is 6.93. The first-order valence-electron chi connectivity index (χ1n) is 6.93. The molecule has 0 spiro atoms. The summed E-state index contributed by atoms with van der Waals surface area (Å²) in [5.41, 5.74) is 5.53. The molecule has 100 valence electrons. The molecule has 1 fully saturated rings. The van der Waals surface area contributed by atoms with Crippen LogP contribution in [0.15, 0.2) is 0 Å². The smallest absolute Gasteiger partial charge is 0.409 e. The van der Waals surface area contributed by atoms with Crippen molar-refractivity contribution in [2.75, 3.05) is 19.7 Å². The summed E-state index contributed by atoms with van der Waals surface area (Å²) in [6.07, 6.45) is 7.97. The lowest BCUT2D eigenvalue weighted by Gasteiger charge is -2.30. The Bertz CT molecular complexity index is 213. The molecule has 0 saturated heterocycles. The SMILES string of the molecule is CCOC(=O)N(CCCN)C1CCCCCC1. The minimum atomic E-state index is -0.159. The molecule has 4 nitrogen and oxygen atoms in total. The van der Waals surface area contributed by atoms with E-state index in [1.54, 1.807) is 0 Å². The van der Waals surface area contributed by atoms with Gasteiger partial charge in [0.2, 0.25) is 0 Å². The molecule has 0 heterocycles. The summed E-state index contributed by atoms with van der Waals surface area (Å²) in [6.45, 7) is 3.67. The van der Waals surface area contributed by atoms with Crippen LogP contribution in [0.25, 0.3) is 0 Å². The summed E-state index contributed by atoms with van der Waals surface area (Å²) in [5.74, 6) is 0. The molecule has 0 aromatic rings. The third-order valence-corrected chi connectivity index (χ3v) is 3.37. The van der Waals surface area contributed by atoms with E-state index in [1.807, 2.05) is 11.8 Å². The average molecular weight is 242 g/mol. The van der Waals surface area contributed by atoms with Crippen LogP contribution < -0.4 is 5.73 Å². The molecule has 1 aliphatic carbocycles. The largest absolute Gasteiger partial charge is 0.450 e. The Hall–Kier alpha value is -0.770. The molecule has 2 N–H and O–H groups in total. The molecule has 4 heteroatoms. The van der Waals surface area contributed by atoms with Crippen molar-refractivity contribution < 1.29 is 9.53 Å². The standard InChI is InChI=1S/C13H26N2O2/c1-2-17-13(16)15(11-7-10-14)12-8-5-3-4-6-9-12/h12H,2-11,14H2,1H3. The van der Waals surface area contributed by atoms with Gasteiger partial charge in [0.25, 0.3) is 0 Å². The summed E-state index contributed by atoms with van der Waals surface area (Å²) in [7, 11) is 0. The third-order valence-electron chi connectivity index (χ3n) is 3.37. The van der Waals surface area contributed by atoms with E-state index in [2.05, 4.69) is 0 Å². The molecule has 1 rings (SSSR count). The van der Waals surface area contributed by atoms with Gasteiger partial charge in [-0.1, -0.05) is 25.7 Å². The van der Waals surface area contributed by atoms with Gasteiger partial charge in [-0.3, -0.25) is 0 Å². The fourth-order valence-electron chi connectivity index (χ4n) is 2.46. The fraction of sp³-hybridized carbons (Fsp3) is 0.923. The molecule has 1 amide bonds. The second-order valence-electron chi connectivity index (χ2n) is 4.68. The van der Waals surface area contributed by atoms with Crippen molar-refractivity contribution in [3.8, 4) is 0 Å². The predicted octanol–water partition coefficient (Wildman–Crippen LogP) is 2.52. The quantitative estimate of drug-likeness (QED) is 0.754. The Morgan fingerprint density at radius 2 is 1.94 bits per heavy atom. The Labute approximate surface area is 104 Å². The Balaban J connectivity index is 2.55. The zero-order valence-corrected chi connectivity index (χ0v) is 11.0. The Morgan fingerprint density at radius 1 is 1.29 bits per heavy atom. The number of carbonyl (C=O) groups is 1. The lowest BCUT2D eigenvalue weighted by molar-refractivity contribution is 0.0860. The summed E-state index contributed by atoms with van der Waals surface area (Å²) < 4.78 is 5.14. The second kappa shape index (κ2) is 8.34. The number of hydrogen-bond donors (Lipinski definition) is 1. The molecule has 1 saturated carbocycles. The number of carbonyl (C=O) groups excluding carboxylic acids is 1. The summed E-state index contributed by atoms with van der Waals surface area (Å²) in [4.78, 5) is 13.8. The first kappa shape index (κ1) is 14.3. The van der Waals surface area contributed by atoms with Gasteiger partial charge < -0.3 is 15.4 Å². The number of hydrogen-bond acceptors (Lipinski definition) is 3. The molecule has 1 aliphatic rings. The van der Waals surface area contributed by atoms with Crippen LogP contribution in [0, 0.1) is 0 Å². The third kappa shape index (κ3) is 4.94. The van der Waals surface area contributed by atoms with Crippen LogP contribution in [0.2, 0.25) is 0 Å². The zero-order valence-electron chi connectivity index (χ0n) is 11.0. The van der Waals surface area contributed by atoms with Gasteiger partial charge in [-0.25, -0.2) is 4.79 Å². The van der Waals surface area contributed by atoms with Crippen molar-refractivity contribution >= 4 is 6.09 Å². The molecule has 0 bridgehead atoms. The van der Waals surface area contributed by atoms with E-state index >= 15 is 0 Å². The van der Waals surface area contributed by atoms with Gasteiger partial charge in [-0.2, -0.15) is 0 Å².